The molecule has 0 heterocycles. The zero-order valence-corrected chi connectivity index (χ0v) is 10.3. The molecule has 0 aromatic heterocycles. The van der Waals surface area contributed by atoms with Crippen molar-refractivity contribution in [3.8, 4) is 5.75 Å². The van der Waals surface area contributed by atoms with E-state index in [1.54, 1.807) is 7.11 Å². The SMILES string of the molecule is COc1cc(C)cc(C)c1C(O)C1CCC1. The van der Waals surface area contributed by atoms with Crippen molar-refractivity contribution in [1.82, 2.24) is 0 Å². The van der Waals surface area contributed by atoms with Gasteiger partial charge in [-0.05, 0) is 49.8 Å². The Balaban J connectivity index is 2.37. The van der Waals surface area contributed by atoms with Crippen LogP contribution in [0.4, 0.5) is 0 Å². The molecule has 0 spiro atoms. The third-order valence-corrected chi connectivity index (χ3v) is 3.61. The van der Waals surface area contributed by atoms with E-state index in [0.717, 1.165) is 29.7 Å². The molecule has 1 aliphatic carbocycles. The van der Waals surface area contributed by atoms with Crippen molar-refractivity contribution in [1.29, 1.82) is 0 Å². The maximum Gasteiger partial charge on any atom is 0.125 e. The van der Waals surface area contributed by atoms with Crippen LogP contribution in [0.3, 0.4) is 0 Å². The van der Waals surface area contributed by atoms with Crippen molar-refractivity contribution >= 4 is 0 Å². The van der Waals surface area contributed by atoms with Crippen LogP contribution in [0.1, 0.15) is 42.1 Å². The summed E-state index contributed by atoms with van der Waals surface area (Å²) >= 11 is 0. The molecule has 1 aromatic rings. The van der Waals surface area contributed by atoms with E-state index in [-0.39, 0.29) is 6.10 Å². The minimum atomic E-state index is -0.357. The van der Waals surface area contributed by atoms with Crippen LogP contribution in [0.25, 0.3) is 0 Å². The van der Waals surface area contributed by atoms with E-state index in [4.69, 9.17) is 4.74 Å². The normalized spacial score (nSPS) is 18.0. The Morgan fingerprint density at radius 1 is 1.31 bits per heavy atom. The predicted molar refractivity (Wildman–Crippen MR) is 64.8 cm³/mol. The summed E-state index contributed by atoms with van der Waals surface area (Å²) in [7, 11) is 1.67. The fraction of sp³-hybridized carbons (Fsp3) is 0.571. The van der Waals surface area contributed by atoms with Gasteiger partial charge in [-0.25, -0.2) is 0 Å². The highest BCUT2D eigenvalue weighted by atomic mass is 16.5. The van der Waals surface area contributed by atoms with E-state index < -0.39 is 0 Å². The highest BCUT2D eigenvalue weighted by molar-refractivity contribution is 5.44. The highest BCUT2D eigenvalue weighted by Crippen LogP contribution is 2.42. The molecule has 88 valence electrons. The van der Waals surface area contributed by atoms with Crippen LogP contribution in [0.15, 0.2) is 12.1 Å². The first-order valence-corrected chi connectivity index (χ1v) is 5.96. The van der Waals surface area contributed by atoms with Gasteiger partial charge in [-0.3, -0.25) is 0 Å². The number of aliphatic hydroxyl groups is 1. The third-order valence-electron chi connectivity index (χ3n) is 3.61. The lowest BCUT2D eigenvalue weighted by atomic mass is 9.77. The molecule has 1 unspecified atom stereocenters. The van der Waals surface area contributed by atoms with E-state index in [0.29, 0.717) is 5.92 Å². The van der Waals surface area contributed by atoms with Gasteiger partial charge in [0.15, 0.2) is 0 Å². The van der Waals surface area contributed by atoms with Crippen LogP contribution in [0, 0.1) is 19.8 Å². The molecule has 0 radical (unpaired) electrons. The molecule has 1 fully saturated rings. The van der Waals surface area contributed by atoms with Crippen molar-refractivity contribution in [2.75, 3.05) is 7.11 Å². The average Bonchev–Trinajstić information content (AvgIpc) is 2.13. The maximum absolute atomic E-state index is 10.3. The molecular formula is C14H20O2. The molecule has 0 saturated heterocycles. The van der Waals surface area contributed by atoms with Gasteiger partial charge < -0.3 is 9.84 Å². The Labute approximate surface area is 97.3 Å². The Hall–Kier alpha value is -1.02. The predicted octanol–water partition coefficient (Wildman–Crippen LogP) is 3.15. The van der Waals surface area contributed by atoms with Crippen LogP contribution in [0.2, 0.25) is 0 Å². The van der Waals surface area contributed by atoms with E-state index in [2.05, 4.69) is 13.0 Å². The van der Waals surface area contributed by atoms with Gasteiger partial charge in [-0.1, -0.05) is 12.5 Å². The summed E-state index contributed by atoms with van der Waals surface area (Å²) in [5, 5.41) is 10.3. The molecule has 0 bridgehead atoms. The zero-order chi connectivity index (χ0) is 11.7. The molecule has 1 aromatic carbocycles. The molecule has 1 N–H and O–H groups in total. The summed E-state index contributed by atoms with van der Waals surface area (Å²) in [5.41, 5.74) is 3.30. The van der Waals surface area contributed by atoms with Crippen LogP contribution in [0.5, 0.6) is 5.75 Å². The number of ether oxygens (including phenoxy) is 1. The van der Waals surface area contributed by atoms with Crippen LogP contribution < -0.4 is 4.74 Å². The minimum absolute atomic E-state index is 0.357. The lowest BCUT2D eigenvalue weighted by Gasteiger charge is -2.32. The first-order valence-electron chi connectivity index (χ1n) is 5.96. The Morgan fingerprint density at radius 3 is 2.50 bits per heavy atom. The van der Waals surface area contributed by atoms with Crippen molar-refractivity contribution in [2.24, 2.45) is 5.92 Å². The van der Waals surface area contributed by atoms with Crippen molar-refractivity contribution < 1.29 is 9.84 Å². The van der Waals surface area contributed by atoms with Gasteiger partial charge >= 0.3 is 0 Å². The maximum atomic E-state index is 10.3. The van der Waals surface area contributed by atoms with Gasteiger partial charge in [-0.15, -0.1) is 0 Å². The Morgan fingerprint density at radius 2 is 2.00 bits per heavy atom. The van der Waals surface area contributed by atoms with E-state index in [9.17, 15) is 5.11 Å². The largest absolute Gasteiger partial charge is 0.496 e. The first-order chi connectivity index (χ1) is 7.63. The standard InChI is InChI=1S/C14H20O2/c1-9-7-10(2)13(12(8-9)16-3)14(15)11-5-4-6-11/h7-8,11,14-15H,4-6H2,1-3H3. The minimum Gasteiger partial charge on any atom is -0.496 e. The third kappa shape index (κ3) is 1.94. The van der Waals surface area contributed by atoms with Crippen molar-refractivity contribution in [3.05, 3.63) is 28.8 Å². The molecule has 0 amide bonds. The smallest absolute Gasteiger partial charge is 0.125 e. The molecule has 1 aliphatic rings. The summed E-state index contributed by atoms with van der Waals surface area (Å²) in [6, 6.07) is 4.12. The second-order valence-corrected chi connectivity index (χ2v) is 4.83. The molecule has 0 aliphatic heterocycles. The molecule has 16 heavy (non-hydrogen) atoms. The van der Waals surface area contributed by atoms with Crippen LogP contribution >= 0.6 is 0 Å². The number of methoxy groups -OCH3 is 1. The average molecular weight is 220 g/mol. The second-order valence-electron chi connectivity index (χ2n) is 4.83. The number of aliphatic hydroxyl groups excluding tert-OH is 1. The van der Waals surface area contributed by atoms with Gasteiger partial charge in [0.25, 0.3) is 0 Å². The zero-order valence-electron chi connectivity index (χ0n) is 10.3. The van der Waals surface area contributed by atoms with Gasteiger partial charge in [0.05, 0.1) is 13.2 Å². The summed E-state index contributed by atoms with van der Waals surface area (Å²) in [6.45, 7) is 4.10. The lowest BCUT2D eigenvalue weighted by molar-refractivity contribution is 0.0595. The summed E-state index contributed by atoms with van der Waals surface area (Å²) in [5.74, 6) is 1.26. The quantitative estimate of drug-likeness (QED) is 0.848. The topological polar surface area (TPSA) is 29.5 Å². The van der Waals surface area contributed by atoms with Gasteiger partial charge in [0, 0.05) is 5.56 Å². The fourth-order valence-electron chi connectivity index (χ4n) is 2.48. The number of benzene rings is 1. The van der Waals surface area contributed by atoms with Crippen LogP contribution in [-0.4, -0.2) is 12.2 Å². The van der Waals surface area contributed by atoms with E-state index in [1.807, 2.05) is 13.0 Å². The van der Waals surface area contributed by atoms with E-state index in [1.165, 1.54) is 12.0 Å². The summed E-state index contributed by atoms with van der Waals surface area (Å²) < 4.78 is 5.39. The van der Waals surface area contributed by atoms with Crippen LogP contribution in [-0.2, 0) is 0 Å². The molecular weight excluding hydrogens is 200 g/mol. The van der Waals surface area contributed by atoms with E-state index >= 15 is 0 Å². The molecule has 1 saturated carbocycles. The second kappa shape index (κ2) is 4.46. The number of rotatable bonds is 3. The lowest BCUT2D eigenvalue weighted by Crippen LogP contribution is -2.21. The Bertz CT molecular complexity index is 381. The van der Waals surface area contributed by atoms with Crippen molar-refractivity contribution in [3.63, 3.8) is 0 Å². The molecule has 2 nitrogen and oxygen atoms in total. The molecule has 2 rings (SSSR count). The Kier molecular flexibility index (Phi) is 3.20. The summed E-state index contributed by atoms with van der Waals surface area (Å²) in [6.07, 6.45) is 3.16. The molecule has 2 heteroatoms. The number of hydrogen-bond donors (Lipinski definition) is 1. The number of hydrogen-bond acceptors (Lipinski definition) is 2. The van der Waals surface area contributed by atoms with Crippen molar-refractivity contribution in [2.45, 2.75) is 39.2 Å². The first kappa shape index (κ1) is 11.5. The van der Waals surface area contributed by atoms with Gasteiger partial charge in [0.1, 0.15) is 5.75 Å². The molecule has 1 atom stereocenters. The van der Waals surface area contributed by atoms with Gasteiger partial charge in [0.2, 0.25) is 0 Å². The summed E-state index contributed by atoms with van der Waals surface area (Å²) in [4.78, 5) is 0. The van der Waals surface area contributed by atoms with Gasteiger partial charge in [-0.2, -0.15) is 0 Å². The highest BCUT2D eigenvalue weighted by Gasteiger charge is 2.29. The number of aryl methyl sites for hydroxylation is 2. The monoisotopic (exact) mass is 220 g/mol. The fourth-order valence-corrected chi connectivity index (χ4v) is 2.48.